The smallest absolute Gasteiger partial charge is 0.320 e. The van der Waals surface area contributed by atoms with Gasteiger partial charge < -0.3 is 19.3 Å². The van der Waals surface area contributed by atoms with E-state index in [0.29, 0.717) is 22.2 Å². The van der Waals surface area contributed by atoms with E-state index in [0.717, 1.165) is 12.1 Å². The molecule has 2 amide bonds. The molecule has 10 heteroatoms. The fraction of sp³-hybridized carbons (Fsp3) is 0.217. The molecule has 170 valence electrons. The molecule has 1 aliphatic heterocycles. The van der Waals surface area contributed by atoms with E-state index in [1.165, 1.54) is 6.20 Å². The second kappa shape index (κ2) is 8.53. The van der Waals surface area contributed by atoms with Gasteiger partial charge in [-0.05, 0) is 59.7 Å². The van der Waals surface area contributed by atoms with Crippen molar-refractivity contribution in [2.24, 2.45) is 5.92 Å². The predicted molar refractivity (Wildman–Crippen MR) is 117 cm³/mol. The van der Waals surface area contributed by atoms with Gasteiger partial charge >= 0.3 is 6.03 Å². The lowest BCUT2D eigenvalue weighted by Crippen LogP contribution is -2.32. The fourth-order valence-electron chi connectivity index (χ4n) is 4.01. The number of fused-ring (bicyclic) bond motifs is 3. The van der Waals surface area contributed by atoms with Gasteiger partial charge in [-0.25, -0.2) is 18.6 Å². The zero-order valence-electron chi connectivity index (χ0n) is 17.4. The highest BCUT2D eigenvalue weighted by Gasteiger charge is 2.57. The Bertz CT molecular complexity index is 1190. The van der Waals surface area contributed by atoms with Crippen LogP contribution in [0, 0.1) is 17.6 Å². The number of carbonyl (C=O) groups excluding carboxylic acids is 1. The summed E-state index contributed by atoms with van der Waals surface area (Å²) >= 11 is -1.06. The van der Waals surface area contributed by atoms with Gasteiger partial charge in [-0.1, -0.05) is 0 Å². The van der Waals surface area contributed by atoms with Crippen LogP contribution in [0.5, 0.6) is 17.2 Å². The van der Waals surface area contributed by atoms with Crippen molar-refractivity contribution in [1.29, 1.82) is 0 Å². The van der Waals surface area contributed by atoms with Crippen LogP contribution >= 0.6 is 0 Å². The number of nitrogens with zero attached hydrogens (tertiary/aromatic N) is 1. The number of anilines is 1. The Hall–Kier alpha value is -3.37. The number of carbonyl (C=O) groups is 1. The monoisotopic (exact) mass is 471 g/mol. The Balaban J connectivity index is 1.18. The lowest BCUT2D eigenvalue weighted by Gasteiger charge is -2.16. The number of pyridine rings is 1. The van der Waals surface area contributed by atoms with Crippen LogP contribution in [-0.4, -0.2) is 34.5 Å². The Morgan fingerprint density at radius 2 is 1.85 bits per heavy atom. The van der Waals surface area contributed by atoms with Crippen molar-refractivity contribution in [1.82, 2.24) is 10.3 Å². The zero-order chi connectivity index (χ0) is 23.1. The first-order chi connectivity index (χ1) is 15.9. The van der Waals surface area contributed by atoms with Crippen molar-refractivity contribution < 1.29 is 27.6 Å². The van der Waals surface area contributed by atoms with E-state index in [1.54, 1.807) is 42.7 Å². The quantitative estimate of drug-likeness (QED) is 0.544. The van der Waals surface area contributed by atoms with Gasteiger partial charge in [0.05, 0.1) is 12.8 Å². The molecule has 4 unspecified atom stereocenters. The van der Waals surface area contributed by atoms with E-state index in [9.17, 15) is 18.1 Å². The number of hydrogen-bond acceptors (Lipinski definition) is 5. The van der Waals surface area contributed by atoms with E-state index in [1.807, 2.05) is 0 Å². The number of hydrogen-bond donors (Lipinski definition) is 2. The summed E-state index contributed by atoms with van der Waals surface area (Å²) in [7, 11) is 0. The predicted octanol–water partition coefficient (Wildman–Crippen LogP) is 4.19. The number of nitrogens with one attached hydrogen (secondary N) is 2. The molecular formula is C23H19F2N3O4S. The lowest BCUT2D eigenvalue weighted by molar-refractivity contribution is 0.247. The molecule has 1 fully saturated rings. The fourth-order valence-corrected chi connectivity index (χ4v) is 4.53. The molecule has 2 aliphatic rings. The average Bonchev–Trinajstić information content (AvgIpc) is 3.50. The minimum atomic E-state index is -1.06. The Labute approximate surface area is 191 Å². The summed E-state index contributed by atoms with van der Waals surface area (Å²) in [6, 6.07) is 11.3. The molecule has 2 N–H and O–H groups in total. The van der Waals surface area contributed by atoms with Gasteiger partial charge in [-0.15, -0.1) is 0 Å². The van der Waals surface area contributed by atoms with Gasteiger partial charge in [0.15, 0.2) is 16.5 Å². The van der Waals surface area contributed by atoms with Gasteiger partial charge in [-0.2, -0.15) is 0 Å². The van der Waals surface area contributed by atoms with Gasteiger partial charge in [0.1, 0.15) is 29.4 Å². The van der Waals surface area contributed by atoms with E-state index < -0.39 is 28.8 Å². The molecule has 1 aromatic heterocycles. The third-order valence-corrected chi connectivity index (χ3v) is 6.62. The Morgan fingerprint density at radius 1 is 1.12 bits per heavy atom. The number of ether oxygens (including phenoxy) is 2. The summed E-state index contributed by atoms with van der Waals surface area (Å²) in [5, 5.41) is 5.41. The number of benzene rings is 2. The summed E-state index contributed by atoms with van der Waals surface area (Å²) in [6.07, 6.45) is 3.06. The lowest BCUT2D eigenvalue weighted by atomic mass is 10.0. The van der Waals surface area contributed by atoms with Crippen LogP contribution in [-0.2, 0) is 11.2 Å². The van der Waals surface area contributed by atoms with Crippen molar-refractivity contribution in [3.8, 4) is 17.2 Å². The molecule has 2 heterocycles. The first-order valence-electron chi connectivity index (χ1n) is 10.2. The van der Waals surface area contributed by atoms with Crippen LogP contribution in [0.1, 0.15) is 11.5 Å². The Kier molecular flexibility index (Phi) is 5.55. The van der Waals surface area contributed by atoms with Crippen LogP contribution in [0.3, 0.4) is 0 Å². The number of rotatable bonds is 5. The molecule has 1 saturated carbocycles. The van der Waals surface area contributed by atoms with Crippen LogP contribution in [0.2, 0.25) is 0 Å². The highest BCUT2D eigenvalue weighted by Crippen LogP contribution is 2.55. The number of urea groups is 1. The molecule has 1 aliphatic carbocycles. The SMILES string of the molecule is C[S+]([O-])c1ccc(Oc2ccc(NC(=O)NC3C4COc5c(F)ccc(F)c5C43)nc2)cc1. The largest absolute Gasteiger partial charge is 0.612 e. The van der Waals surface area contributed by atoms with E-state index >= 15 is 0 Å². The van der Waals surface area contributed by atoms with Crippen molar-refractivity contribution in [3.05, 3.63) is 71.9 Å². The molecule has 5 rings (SSSR count). The minimum absolute atomic E-state index is 0.0733. The maximum Gasteiger partial charge on any atom is 0.320 e. The number of aromatic nitrogens is 1. The Morgan fingerprint density at radius 3 is 2.55 bits per heavy atom. The van der Waals surface area contributed by atoms with Crippen LogP contribution in [0.25, 0.3) is 0 Å². The molecule has 0 spiro atoms. The van der Waals surface area contributed by atoms with Gasteiger partial charge in [0, 0.05) is 23.4 Å². The summed E-state index contributed by atoms with van der Waals surface area (Å²) < 4.78 is 50.7. The summed E-state index contributed by atoms with van der Waals surface area (Å²) in [6.45, 7) is 0.211. The first kappa shape index (κ1) is 21.5. The van der Waals surface area contributed by atoms with E-state index in [4.69, 9.17) is 9.47 Å². The number of amides is 2. The summed E-state index contributed by atoms with van der Waals surface area (Å²) in [4.78, 5) is 17.3. The van der Waals surface area contributed by atoms with Crippen LogP contribution in [0.4, 0.5) is 19.4 Å². The molecule has 3 aromatic rings. The van der Waals surface area contributed by atoms with Gasteiger partial charge in [-0.3, -0.25) is 5.32 Å². The van der Waals surface area contributed by atoms with E-state index in [-0.39, 0.29) is 35.8 Å². The second-order valence-corrected chi connectivity index (χ2v) is 9.18. The zero-order valence-corrected chi connectivity index (χ0v) is 18.2. The second-order valence-electron chi connectivity index (χ2n) is 7.80. The third kappa shape index (κ3) is 4.31. The standard InChI is InChI=1S/C23H19F2N3O4S/c1-33(30)14-5-2-12(3-6-14)32-13-4-9-18(26-10-13)27-23(29)28-21-15-11-31-22-17(25)8-7-16(24)20(22)19(15)21/h2-10,15,19,21H,11H2,1H3,(H2,26,27,28,29). The minimum Gasteiger partial charge on any atom is -0.612 e. The van der Waals surface area contributed by atoms with Crippen LogP contribution in [0.15, 0.2) is 59.6 Å². The number of halogens is 2. The molecule has 0 bridgehead atoms. The van der Waals surface area contributed by atoms with Crippen molar-refractivity contribution in [2.75, 3.05) is 18.2 Å². The van der Waals surface area contributed by atoms with Crippen molar-refractivity contribution in [2.45, 2.75) is 16.9 Å². The first-order valence-corrected chi connectivity index (χ1v) is 11.7. The highest BCUT2D eigenvalue weighted by atomic mass is 32.2. The maximum absolute atomic E-state index is 14.2. The highest BCUT2D eigenvalue weighted by molar-refractivity contribution is 7.90. The molecule has 4 atom stereocenters. The topological polar surface area (TPSA) is 95.5 Å². The van der Waals surface area contributed by atoms with Crippen LogP contribution < -0.4 is 20.1 Å². The molecule has 0 radical (unpaired) electrons. The summed E-state index contributed by atoms with van der Waals surface area (Å²) in [5.41, 5.74) is 0.175. The van der Waals surface area contributed by atoms with E-state index in [2.05, 4.69) is 15.6 Å². The molecule has 2 aromatic carbocycles. The maximum atomic E-state index is 14.2. The molecule has 0 saturated heterocycles. The normalized spacial score (nSPS) is 21.2. The molecule has 7 nitrogen and oxygen atoms in total. The average molecular weight is 471 g/mol. The molecular weight excluding hydrogens is 452 g/mol. The molecule has 33 heavy (non-hydrogen) atoms. The third-order valence-electron chi connectivity index (χ3n) is 5.68. The van der Waals surface area contributed by atoms with Gasteiger partial charge in [0.2, 0.25) is 0 Å². The van der Waals surface area contributed by atoms with Crippen molar-refractivity contribution in [3.63, 3.8) is 0 Å². The van der Waals surface area contributed by atoms with Crippen molar-refractivity contribution >= 4 is 23.0 Å². The van der Waals surface area contributed by atoms with Gasteiger partial charge in [0.25, 0.3) is 0 Å². The summed E-state index contributed by atoms with van der Waals surface area (Å²) in [5.74, 6) is -0.332.